The van der Waals surface area contributed by atoms with Crippen LogP contribution in [-0.2, 0) is 0 Å². The first-order chi connectivity index (χ1) is 13.2. The van der Waals surface area contributed by atoms with Crippen molar-refractivity contribution in [3.8, 4) is 0 Å². The van der Waals surface area contributed by atoms with Crippen molar-refractivity contribution >= 4 is 6.21 Å². The molecule has 27 heavy (non-hydrogen) atoms. The Bertz CT molecular complexity index is 405. The van der Waals surface area contributed by atoms with Crippen LogP contribution >= 0.6 is 0 Å². The minimum atomic E-state index is -0.358. The maximum atomic E-state index is 10.2. The molecule has 0 bridgehead atoms. The van der Waals surface area contributed by atoms with Gasteiger partial charge in [-0.05, 0) is 25.8 Å². The number of likely N-dealkylation sites (N-methyl/N-ethyl adjacent to an activating group) is 1. The monoisotopic (exact) mass is 379 g/mol. The van der Waals surface area contributed by atoms with Crippen molar-refractivity contribution in [2.24, 2.45) is 4.99 Å². The average Bonchev–Trinajstić information content (AvgIpc) is 3.09. The molecule has 3 atom stereocenters. The average molecular weight is 380 g/mol. The van der Waals surface area contributed by atoms with E-state index >= 15 is 0 Å². The van der Waals surface area contributed by atoms with E-state index in [0.29, 0.717) is 4.48 Å². The molecule has 3 heteroatoms. The zero-order valence-electron chi connectivity index (χ0n) is 18.5. The van der Waals surface area contributed by atoms with Gasteiger partial charge in [-0.3, -0.25) is 4.48 Å². The van der Waals surface area contributed by atoms with Gasteiger partial charge in [0.2, 0.25) is 6.17 Å². The lowest BCUT2D eigenvalue weighted by Gasteiger charge is -2.39. The number of nitrogens with zero attached hydrogens (tertiary/aromatic N) is 2. The van der Waals surface area contributed by atoms with E-state index in [1.54, 1.807) is 0 Å². The van der Waals surface area contributed by atoms with Gasteiger partial charge in [0.05, 0.1) is 12.8 Å². The molecule has 1 rings (SSSR count). The van der Waals surface area contributed by atoms with Crippen LogP contribution in [0, 0.1) is 0 Å². The molecular formula is C24H47N2O+. The summed E-state index contributed by atoms with van der Waals surface area (Å²) in [4.78, 5) is 4.59. The van der Waals surface area contributed by atoms with Gasteiger partial charge < -0.3 is 5.11 Å². The quantitative estimate of drug-likeness (QED) is 0.172. The van der Waals surface area contributed by atoms with Gasteiger partial charge in [-0.2, -0.15) is 0 Å². The Hall–Kier alpha value is -0.670. The first-order valence-corrected chi connectivity index (χ1v) is 11.9. The lowest BCUT2D eigenvalue weighted by molar-refractivity contribution is -0.970. The summed E-state index contributed by atoms with van der Waals surface area (Å²) < 4.78 is 0.662. The van der Waals surface area contributed by atoms with E-state index in [-0.39, 0.29) is 12.4 Å². The lowest BCUT2D eigenvalue weighted by atomic mass is 10.0. The second-order valence-electron chi connectivity index (χ2n) is 8.44. The van der Waals surface area contributed by atoms with Crippen LogP contribution < -0.4 is 0 Å². The maximum absolute atomic E-state index is 10.2. The fraction of sp³-hybridized carbons (Fsp3) is 0.875. The summed E-state index contributed by atoms with van der Waals surface area (Å²) in [6.45, 7) is 8.10. The molecular weight excluding hydrogens is 332 g/mol. The maximum Gasteiger partial charge on any atom is 0.204 e. The third-order valence-corrected chi connectivity index (χ3v) is 6.32. The van der Waals surface area contributed by atoms with Crippen LogP contribution in [-0.4, -0.2) is 41.3 Å². The van der Waals surface area contributed by atoms with Gasteiger partial charge in [-0.25, -0.2) is 4.99 Å². The summed E-state index contributed by atoms with van der Waals surface area (Å²) in [6.07, 6.45) is 25.7. The molecule has 158 valence electrons. The minimum Gasteiger partial charge on any atom is -0.345 e. The number of aliphatic hydroxyl groups is 1. The molecule has 0 saturated heterocycles. The summed E-state index contributed by atoms with van der Waals surface area (Å²) in [5.41, 5.74) is 0. The van der Waals surface area contributed by atoms with Crippen LogP contribution in [0.25, 0.3) is 0 Å². The number of quaternary nitrogens is 1. The van der Waals surface area contributed by atoms with E-state index in [9.17, 15) is 5.11 Å². The Morgan fingerprint density at radius 1 is 0.926 bits per heavy atom. The SMILES string of the molecule is CCCCCCCCCCCCCCC/C=C/C1N=CC[N+]1(CC)C(C)O. The Morgan fingerprint density at radius 3 is 1.93 bits per heavy atom. The van der Waals surface area contributed by atoms with Gasteiger partial charge in [-0.1, -0.05) is 90.0 Å². The van der Waals surface area contributed by atoms with Crippen LogP contribution in [0.15, 0.2) is 17.1 Å². The zero-order valence-corrected chi connectivity index (χ0v) is 18.5. The fourth-order valence-electron chi connectivity index (χ4n) is 4.22. The van der Waals surface area contributed by atoms with Gasteiger partial charge in [0.15, 0.2) is 6.23 Å². The fourth-order valence-corrected chi connectivity index (χ4v) is 4.22. The Kier molecular flexibility index (Phi) is 13.8. The van der Waals surface area contributed by atoms with Crippen LogP contribution in [0.5, 0.6) is 0 Å². The van der Waals surface area contributed by atoms with Gasteiger partial charge in [0, 0.05) is 6.92 Å². The summed E-state index contributed by atoms with van der Waals surface area (Å²) in [6, 6.07) is 0. The second-order valence-corrected chi connectivity index (χ2v) is 8.44. The summed E-state index contributed by atoms with van der Waals surface area (Å²) in [5.74, 6) is 0. The normalized spacial score (nSPS) is 23.5. The standard InChI is InChI=1S/C24H47N2O/c1-4-6-7-8-9-10-11-12-13-14-15-16-17-18-19-20-24-25-21-22-26(24,5-2)23(3)27/h19-21,23-24,27H,4-18,22H2,1-3H3/q+1/b20-19+. The van der Waals surface area contributed by atoms with Crippen molar-refractivity contribution < 1.29 is 9.59 Å². The molecule has 0 saturated carbocycles. The van der Waals surface area contributed by atoms with Crippen LogP contribution in [0.1, 0.15) is 111 Å². The van der Waals surface area contributed by atoms with Crippen molar-refractivity contribution in [3.05, 3.63) is 12.2 Å². The molecule has 1 aliphatic rings. The summed E-state index contributed by atoms with van der Waals surface area (Å²) in [5, 5.41) is 10.2. The Labute approximate surface area is 169 Å². The van der Waals surface area contributed by atoms with Gasteiger partial charge in [-0.15, -0.1) is 0 Å². The molecule has 0 radical (unpaired) electrons. The van der Waals surface area contributed by atoms with Gasteiger partial charge in [0.1, 0.15) is 6.54 Å². The number of aliphatic hydroxyl groups excluding tert-OH is 1. The molecule has 0 amide bonds. The zero-order chi connectivity index (χ0) is 19.8. The molecule has 1 N–H and O–H groups in total. The highest BCUT2D eigenvalue weighted by atomic mass is 16.3. The van der Waals surface area contributed by atoms with E-state index in [4.69, 9.17) is 0 Å². The molecule has 0 aromatic carbocycles. The predicted octanol–water partition coefficient (Wildman–Crippen LogP) is 6.61. The third-order valence-electron chi connectivity index (χ3n) is 6.32. The van der Waals surface area contributed by atoms with Crippen molar-refractivity contribution in [1.82, 2.24) is 0 Å². The molecule has 0 spiro atoms. The molecule has 0 aromatic heterocycles. The molecule has 3 nitrogen and oxygen atoms in total. The van der Waals surface area contributed by atoms with Crippen molar-refractivity contribution in [2.45, 2.75) is 123 Å². The van der Waals surface area contributed by atoms with Crippen molar-refractivity contribution in [3.63, 3.8) is 0 Å². The largest absolute Gasteiger partial charge is 0.345 e. The molecule has 3 unspecified atom stereocenters. The van der Waals surface area contributed by atoms with Crippen molar-refractivity contribution in [2.75, 3.05) is 13.1 Å². The first-order valence-electron chi connectivity index (χ1n) is 11.9. The number of unbranched alkanes of at least 4 members (excludes halogenated alkanes) is 13. The Morgan fingerprint density at radius 2 is 1.44 bits per heavy atom. The molecule has 1 aliphatic heterocycles. The number of rotatable bonds is 17. The lowest BCUT2D eigenvalue weighted by Crippen LogP contribution is -2.57. The number of allylic oxidation sites excluding steroid dienone is 1. The number of hydrogen-bond donors (Lipinski definition) is 1. The van der Waals surface area contributed by atoms with Crippen molar-refractivity contribution in [1.29, 1.82) is 0 Å². The van der Waals surface area contributed by atoms with E-state index in [0.717, 1.165) is 19.5 Å². The number of hydrogen-bond acceptors (Lipinski definition) is 2. The highest BCUT2D eigenvalue weighted by molar-refractivity contribution is 5.60. The smallest absolute Gasteiger partial charge is 0.204 e. The summed E-state index contributed by atoms with van der Waals surface area (Å²) >= 11 is 0. The predicted molar refractivity (Wildman–Crippen MR) is 119 cm³/mol. The Balaban J connectivity index is 1.96. The first kappa shape index (κ1) is 24.4. The molecule has 0 fully saturated rings. The summed E-state index contributed by atoms with van der Waals surface area (Å²) in [7, 11) is 0. The highest BCUT2D eigenvalue weighted by Crippen LogP contribution is 2.24. The minimum absolute atomic E-state index is 0.108. The topological polar surface area (TPSA) is 32.6 Å². The van der Waals surface area contributed by atoms with E-state index in [1.807, 2.05) is 13.1 Å². The molecule has 0 aliphatic carbocycles. The van der Waals surface area contributed by atoms with Gasteiger partial charge in [0.25, 0.3) is 0 Å². The van der Waals surface area contributed by atoms with E-state index in [2.05, 4.69) is 31.0 Å². The number of aliphatic imine (C=N–C) groups is 1. The highest BCUT2D eigenvalue weighted by Gasteiger charge is 2.40. The van der Waals surface area contributed by atoms with Crippen LogP contribution in [0.3, 0.4) is 0 Å². The van der Waals surface area contributed by atoms with Gasteiger partial charge >= 0.3 is 0 Å². The van der Waals surface area contributed by atoms with Crippen LogP contribution in [0.2, 0.25) is 0 Å². The van der Waals surface area contributed by atoms with E-state index in [1.165, 1.54) is 83.5 Å². The second kappa shape index (κ2) is 15.3. The molecule has 0 aromatic rings. The molecule has 1 heterocycles. The van der Waals surface area contributed by atoms with Crippen LogP contribution in [0.4, 0.5) is 0 Å². The van der Waals surface area contributed by atoms with E-state index < -0.39 is 0 Å². The third kappa shape index (κ3) is 9.38.